The first kappa shape index (κ1) is 24.9. The number of carbonyl (C=O) groups is 1. The Morgan fingerprint density at radius 3 is 2.61 bits per heavy atom. The van der Waals surface area contributed by atoms with E-state index in [1.165, 1.54) is 11.8 Å². The Kier molecular flexibility index (Phi) is 9.03. The predicted molar refractivity (Wildman–Crippen MR) is 132 cm³/mol. The lowest BCUT2D eigenvalue weighted by Crippen LogP contribution is -2.23. The zero-order chi connectivity index (χ0) is 23.8. The number of para-hydroxylation sites is 1. The Morgan fingerprint density at radius 1 is 1.15 bits per heavy atom. The summed E-state index contributed by atoms with van der Waals surface area (Å²) in [5, 5.41) is 12.5. The van der Waals surface area contributed by atoms with Crippen molar-refractivity contribution in [2.45, 2.75) is 56.7 Å². The lowest BCUT2D eigenvalue weighted by Gasteiger charge is -2.20. The zero-order valence-corrected chi connectivity index (χ0v) is 20.8. The first-order chi connectivity index (χ1) is 16.0. The number of benzene rings is 2. The second-order valence-electron chi connectivity index (χ2n) is 7.44. The molecule has 1 amide bonds. The van der Waals surface area contributed by atoms with E-state index >= 15 is 0 Å². The topological polar surface area (TPSA) is 78.3 Å². The molecule has 7 nitrogen and oxygen atoms in total. The molecule has 2 aromatic carbocycles. The highest BCUT2D eigenvalue weighted by molar-refractivity contribution is 8.00. The minimum atomic E-state index is -0.383. The van der Waals surface area contributed by atoms with Gasteiger partial charge < -0.3 is 19.4 Å². The Labute approximate surface area is 203 Å². The van der Waals surface area contributed by atoms with Crippen LogP contribution in [0.5, 0.6) is 11.5 Å². The number of carbonyl (C=O) groups excluding carboxylic acids is 1. The number of hydrogen-bond donors (Lipinski definition) is 1. The molecule has 0 aliphatic carbocycles. The highest BCUT2D eigenvalue weighted by Crippen LogP contribution is 2.30. The first-order valence-electron chi connectivity index (χ1n) is 10.9. The van der Waals surface area contributed by atoms with Crippen molar-refractivity contribution in [2.75, 3.05) is 12.4 Å². The summed E-state index contributed by atoms with van der Waals surface area (Å²) in [6.07, 6.45) is 1.82. The predicted octanol–water partition coefficient (Wildman–Crippen LogP) is 6.00. The highest BCUT2D eigenvalue weighted by atomic mass is 35.5. The molecule has 33 heavy (non-hydrogen) atoms. The third kappa shape index (κ3) is 6.42. The Balaban J connectivity index is 1.75. The summed E-state index contributed by atoms with van der Waals surface area (Å²) in [5.41, 5.74) is 0.682. The quantitative estimate of drug-likeness (QED) is 0.333. The van der Waals surface area contributed by atoms with Gasteiger partial charge in [-0.05, 0) is 44.0 Å². The average Bonchev–Trinajstić information content (AvgIpc) is 3.21. The molecule has 3 rings (SSSR count). The number of nitrogens with zero attached hydrogens (tertiary/aromatic N) is 3. The lowest BCUT2D eigenvalue weighted by atomic mass is 10.2. The van der Waals surface area contributed by atoms with Crippen LogP contribution in [-0.4, -0.2) is 33.0 Å². The van der Waals surface area contributed by atoms with Gasteiger partial charge in [0.15, 0.2) is 11.0 Å². The monoisotopic (exact) mass is 488 g/mol. The van der Waals surface area contributed by atoms with Crippen LogP contribution in [0.3, 0.4) is 0 Å². The summed E-state index contributed by atoms with van der Waals surface area (Å²) < 4.78 is 13.2. The molecule has 3 aromatic rings. The number of halogens is 1. The number of nitrogens with one attached hydrogen (secondary N) is 1. The van der Waals surface area contributed by atoms with E-state index in [4.69, 9.17) is 21.1 Å². The normalized spacial score (nSPS) is 11.9. The molecule has 1 atom stereocenters. The van der Waals surface area contributed by atoms with E-state index in [1.807, 2.05) is 43.3 Å². The van der Waals surface area contributed by atoms with Gasteiger partial charge in [-0.1, -0.05) is 55.4 Å². The number of rotatable bonds is 11. The van der Waals surface area contributed by atoms with Crippen LogP contribution in [0.1, 0.15) is 45.5 Å². The van der Waals surface area contributed by atoms with Crippen LogP contribution >= 0.6 is 23.4 Å². The Morgan fingerprint density at radius 2 is 1.91 bits per heavy atom. The summed E-state index contributed by atoms with van der Waals surface area (Å²) in [7, 11) is 1.59. The molecule has 0 radical (unpaired) electrons. The minimum Gasteiger partial charge on any atom is -0.497 e. The standard InChI is InChI=1S/C24H29ClN4O3S/c1-5-18(6-2)29-22(15-32-21-13-8-7-12-20(21)25)27-28-24(29)33-16(3)23(30)26-17-10-9-11-19(14-17)31-4/h7-14,16,18H,5-6,15H2,1-4H3,(H,26,30). The highest BCUT2D eigenvalue weighted by Gasteiger charge is 2.24. The third-order valence-electron chi connectivity index (χ3n) is 5.22. The molecule has 1 N–H and O–H groups in total. The van der Waals surface area contributed by atoms with Crippen molar-refractivity contribution < 1.29 is 14.3 Å². The summed E-state index contributed by atoms with van der Waals surface area (Å²) >= 11 is 7.59. The maximum absolute atomic E-state index is 12.8. The minimum absolute atomic E-state index is 0.124. The van der Waals surface area contributed by atoms with Crippen LogP contribution in [0, 0.1) is 0 Å². The molecule has 1 unspecified atom stereocenters. The number of thioether (sulfide) groups is 1. The summed E-state index contributed by atoms with van der Waals surface area (Å²) in [5.74, 6) is 1.86. The number of aromatic nitrogens is 3. The maximum atomic E-state index is 12.8. The molecule has 0 aliphatic heterocycles. The van der Waals surface area contributed by atoms with Crippen molar-refractivity contribution in [1.82, 2.24) is 14.8 Å². The number of methoxy groups -OCH3 is 1. The van der Waals surface area contributed by atoms with Gasteiger partial charge >= 0.3 is 0 Å². The van der Waals surface area contributed by atoms with Crippen LogP contribution < -0.4 is 14.8 Å². The number of anilines is 1. The van der Waals surface area contributed by atoms with Crippen LogP contribution in [0.2, 0.25) is 5.02 Å². The molecule has 0 saturated heterocycles. The SMILES string of the molecule is CCC(CC)n1c(COc2ccccc2Cl)nnc1SC(C)C(=O)Nc1cccc(OC)c1. The molecule has 176 valence electrons. The number of hydrogen-bond acceptors (Lipinski definition) is 6. The smallest absolute Gasteiger partial charge is 0.237 e. The zero-order valence-electron chi connectivity index (χ0n) is 19.2. The van der Waals surface area contributed by atoms with E-state index in [1.54, 1.807) is 19.2 Å². The van der Waals surface area contributed by atoms with Crippen LogP contribution in [-0.2, 0) is 11.4 Å². The molecule has 1 heterocycles. The van der Waals surface area contributed by atoms with Crippen molar-refractivity contribution in [3.05, 3.63) is 59.4 Å². The Bertz CT molecular complexity index is 1070. The molecular weight excluding hydrogens is 460 g/mol. The molecule has 0 bridgehead atoms. The van der Waals surface area contributed by atoms with Gasteiger partial charge in [0.25, 0.3) is 0 Å². The van der Waals surface area contributed by atoms with Gasteiger partial charge in [-0.25, -0.2) is 0 Å². The molecule has 0 aliphatic rings. The summed E-state index contributed by atoms with van der Waals surface area (Å²) in [4.78, 5) is 12.8. The molecule has 0 spiro atoms. The second-order valence-corrected chi connectivity index (χ2v) is 9.15. The first-order valence-corrected chi connectivity index (χ1v) is 12.1. The fourth-order valence-corrected chi connectivity index (χ4v) is 4.50. The van der Waals surface area contributed by atoms with Gasteiger partial charge in [0.2, 0.25) is 5.91 Å². The largest absolute Gasteiger partial charge is 0.497 e. The van der Waals surface area contributed by atoms with Crippen molar-refractivity contribution in [2.24, 2.45) is 0 Å². The molecular formula is C24H29ClN4O3S. The van der Waals surface area contributed by atoms with Crippen molar-refractivity contribution in [1.29, 1.82) is 0 Å². The van der Waals surface area contributed by atoms with Crippen molar-refractivity contribution in [3.63, 3.8) is 0 Å². The van der Waals surface area contributed by atoms with Gasteiger partial charge in [-0.15, -0.1) is 10.2 Å². The van der Waals surface area contributed by atoms with Gasteiger partial charge in [0.05, 0.1) is 17.4 Å². The maximum Gasteiger partial charge on any atom is 0.237 e. The van der Waals surface area contributed by atoms with E-state index in [-0.39, 0.29) is 23.8 Å². The summed E-state index contributed by atoms with van der Waals surface area (Å²) in [6.45, 7) is 6.34. The fraction of sp³-hybridized carbons (Fsp3) is 0.375. The second kappa shape index (κ2) is 12.0. The van der Waals surface area contributed by atoms with Crippen LogP contribution in [0.4, 0.5) is 5.69 Å². The average molecular weight is 489 g/mol. The van der Waals surface area contributed by atoms with Gasteiger partial charge in [0, 0.05) is 17.8 Å². The number of ether oxygens (including phenoxy) is 2. The third-order valence-corrected chi connectivity index (χ3v) is 6.59. The molecule has 9 heteroatoms. The van der Waals surface area contributed by atoms with E-state index in [9.17, 15) is 4.79 Å². The van der Waals surface area contributed by atoms with Crippen LogP contribution in [0.25, 0.3) is 0 Å². The molecule has 0 fully saturated rings. The van der Waals surface area contributed by atoms with E-state index in [0.29, 0.717) is 33.2 Å². The number of amides is 1. The van der Waals surface area contributed by atoms with Gasteiger partial charge in [-0.2, -0.15) is 0 Å². The van der Waals surface area contributed by atoms with Gasteiger partial charge in [-0.3, -0.25) is 4.79 Å². The van der Waals surface area contributed by atoms with E-state index in [0.717, 1.165) is 12.8 Å². The Hall–Kier alpha value is -2.71. The van der Waals surface area contributed by atoms with E-state index < -0.39 is 0 Å². The molecule has 0 saturated carbocycles. The lowest BCUT2D eigenvalue weighted by molar-refractivity contribution is -0.115. The van der Waals surface area contributed by atoms with Crippen molar-refractivity contribution >= 4 is 35.0 Å². The van der Waals surface area contributed by atoms with E-state index in [2.05, 4.69) is 33.9 Å². The molecule has 1 aromatic heterocycles. The van der Waals surface area contributed by atoms with Gasteiger partial charge in [0.1, 0.15) is 18.1 Å². The van der Waals surface area contributed by atoms with Crippen LogP contribution in [0.15, 0.2) is 53.7 Å². The van der Waals surface area contributed by atoms with Crippen molar-refractivity contribution in [3.8, 4) is 11.5 Å². The fourth-order valence-electron chi connectivity index (χ4n) is 3.37. The summed E-state index contributed by atoms with van der Waals surface area (Å²) in [6, 6.07) is 14.8.